The van der Waals surface area contributed by atoms with E-state index in [0.29, 0.717) is 27.7 Å². The molecular formula is C29H25ClN2O3S. The first-order valence-electron chi connectivity index (χ1n) is 11.3. The number of rotatable bonds is 8. The number of ether oxygens (including phenoxy) is 1. The van der Waals surface area contributed by atoms with Gasteiger partial charge in [0.2, 0.25) is 5.91 Å². The molecule has 0 aromatic heterocycles. The largest absolute Gasteiger partial charge is 0.497 e. The van der Waals surface area contributed by atoms with Crippen LogP contribution in [-0.2, 0) is 4.79 Å². The third kappa shape index (κ3) is 6.47. The number of hydrogen-bond acceptors (Lipinski definition) is 4. The van der Waals surface area contributed by atoms with E-state index in [4.69, 9.17) is 16.3 Å². The molecule has 0 saturated carbocycles. The van der Waals surface area contributed by atoms with Gasteiger partial charge in [-0.05, 0) is 72.6 Å². The maximum atomic E-state index is 13.4. The number of nitrogens with one attached hydrogen (secondary N) is 2. The van der Waals surface area contributed by atoms with Crippen LogP contribution in [0, 0.1) is 6.92 Å². The molecule has 0 radical (unpaired) electrons. The lowest BCUT2D eigenvalue weighted by Gasteiger charge is -2.18. The Kier molecular flexibility index (Phi) is 8.31. The molecule has 4 rings (SSSR count). The Hall–Kier alpha value is -3.74. The van der Waals surface area contributed by atoms with Crippen molar-refractivity contribution in [1.82, 2.24) is 0 Å². The zero-order chi connectivity index (χ0) is 25.5. The highest BCUT2D eigenvalue weighted by Crippen LogP contribution is 2.37. The van der Waals surface area contributed by atoms with E-state index < -0.39 is 5.25 Å². The van der Waals surface area contributed by atoms with Gasteiger partial charge in [0, 0.05) is 26.9 Å². The number of carbonyl (C=O) groups excluding carboxylic acids is 2. The smallest absolute Gasteiger partial charge is 0.255 e. The lowest BCUT2D eigenvalue weighted by Crippen LogP contribution is -2.19. The first-order chi connectivity index (χ1) is 17.4. The lowest BCUT2D eigenvalue weighted by atomic mass is 10.1. The third-order valence-corrected chi connectivity index (χ3v) is 7.00. The molecule has 2 amide bonds. The van der Waals surface area contributed by atoms with Gasteiger partial charge in [0.1, 0.15) is 11.0 Å². The van der Waals surface area contributed by atoms with Crippen molar-refractivity contribution in [3.05, 3.63) is 119 Å². The number of aryl methyl sites for hydroxylation is 1. The highest BCUT2D eigenvalue weighted by Gasteiger charge is 2.23. The minimum Gasteiger partial charge on any atom is -0.497 e. The Balaban J connectivity index is 1.50. The van der Waals surface area contributed by atoms with Crippen LogP contribution >= 0.6 is 23.4 Å². The minimum absolute atomic E-state index is 0.146. The molecule has 0 aliphatic rings. The molecule has 0 saturated heterocycles. The van der Waals surface area contributed by atoms with E-state index in [2.05, 4.69) is 10.6 Å². The molecule has 0 aliphatic carbocycles. The minimum atomic E-state index is -0.484. The second-order valence-electron chi connectivity index (χ2n) is 8.07. The summed E-state index contributed by atoms with van der Waals surface area (Å²) in [5.41, 5.74) is 3.66. The average molecular weight is 517 g/mol. The monoisotopic (exact) mass is 516 g/mol. The number of hydrogen-bond donors (Lipinski definition) is 2. The van der Waals surface area contributed by atoms with Crippen molar-refractivity contribution >= 4 is 46.6 Å². The van der Waals surface area contributed by atoms with Crippen molar-refractivity contribution in [1.29, 1.82) is 0 Å². The molecule has 182 valence electrons. The van der Waals surface area contributed by atoms with Crippen molar-refractivity contribution in [3.63, 3.8) is 0 Å². The molecule has 0 bridgehead atoms. The molecule has 0 heterocycles. The number of amides is 2. The highest BCUT2D eigenvalue weighted by atomic mass is 35.5. The summed E-state index contributed by atoms with van der Waals surface area (Å²) in [6, 6.07) is 29.4. The Morgan fingerprint density at radius 3 is 2.33 bits per heavy atom. The molecule has 36 heavy (non-hydrogen) atoms. The van der Waals surface area contributed by atoms with Crippen LogP contribution in [0.1, 0.15) is 26.7 Å². The fraction of sp³-hybridized carbons (Fsp3) is 0.103. The fourth-order valence-corrected chi connectivity index (χ4v) is 4.75. The predicted octanol–water partition coefficient (Wildman–Crippen LogP) is 7.38. The predicted molar refractivity (Wildman–Crippen MR) is 147 cm³/mol. The Morgan fingerprint density at radius 2 is 1.61 bits per heavy atom. The molecule has 0 aliphatic heterocycles. The zero-order valence-corrected chi connectivity index (χ0v) is 21.4. The molecule has 0 fully saturated rings. The lowest BCUT2D eigenvalue weighted by molar-refractivity contribution is -0.115. The summed E-state index contributed by atoms with van der Waals surface area (Å²) in [7, 11) is 1.56. The van der Waals surface area contributed by atoms with Crippen molar-refractivity contribution in [2.24, 2.45) is 0 Å². The number of thioether (sulfide) groups is 1. The molecular weight excluding hydrogens is 492 g/mol. The van der Waals surface area contributed by atoms with Gasteiger partial charge in [-0.25, -0.2) is 0 Å². The molecule has 0 spiro atoms. The van der Waals surface area contributed by atoms with E-state index in [9.17, 15) is 9.59 Å². The Labute approximate surface area is 219 Å². The van der Waals surface area contributed by atoms with E-state index in [1.807, 2.05) is 67.6 Å². The molecule has 4 aromatic carbocycles. The van der Waals surface area contributed by atoms with Crippen LogP contribution in [-0.4, -0.2) is 18.9 Å². The number of halogens is 1. The second kappa shape index (κ2) is 11.8. The van der Waals surface area contributed by atoms with Gasteiger partial charge in [-0.3, -0.25) is 9.59 Å². The maximum Gasteiger partial charge on any atom is 0.255 e. The van der Waals surface area contributed by atoms with Crippen LogP contribution in [0.2, 0.25) is 5.02 Å². The fourth-order valence-electron chi connectivity index (χ4n) is 3.55. The van der Waals surface area contributed by atoms with Gasteiger partial charge in [0.05, 0.1) is 7.11 Å². The normalized spacial score (nSPS) is 11.4. The van der Waals surface area contributed by atoms with Crippen molar-refractivity contribution in [3.8, 4) is 5.75 Å². The summed E-state index contributed by atoms with van der Waals surface area (Å²) >= 11 is 7.57. The number of anilines is 2. The molecule has 1 atom stereocenters. The van der Waals surface area contributed by atoms with Crippen LogP contribution in [0.25, 0.3) is 0 Å². The summed E-state index contributed by atoms with van der Waals surface area (Å²) < 4.78 is 5.19. The van der Waals surface area contributed by atoms with Gasteiger partial charge in [0.15, 0.2) is 0 Å². The summed E-state index contributed by atoms with van der Waals surface area (Å²) in [5.74, 6) is 0.243. The zero-order valence-electron chi connectivity index (χ0n) is 19.8. The quantitative estimate of drug-likeness (QED) is 0.240. The van der Waals surface area contributed by atoms with Crippen LogP contribution < -0.4 is 15.4 Å². The van der Waals surface area contributed by atoms with E-state index >= 15 is 0 Å². The van der Waals surface area contributed by atoms with E-state index in [-0.39, 0.29) is 11.8 Å². The molecule has 1 unspecified atom stereocenters. The van der Waals surface area contributed by atoms with Crippen LogP contribution in [0.4, 0.5) is 11.4 Å². The van der Waals surface area contributed by atoms with Crippen LogP contribution in [0.5, 0.6) is 5.75 Å². The SMILES string of the molecule is COc1cccc(C(=O)Nc2ccc(SC(C(=O)Nc3cc(Cl)ccc3C)c3ccccc3)cc2)c1. The number of carbonyl (C=O) groups is 2. The average Bonchev–Trinajstić information content (AvgIpc) is 2.90. The van der Waals surface area contributed by atoms with Gasteiger partial charge >= 0.3 is 0 Å². The van der Waals surface area contributed by atoms with Crippen molar-refractivity contribution < 1.29 is 14.3 Å². The van der Waals surface area contributed by atoms with Gasteiger partial charge in [-0.1, -0.05) is 54.1 Å². The topological polar surface area (TPSA) is 67.4 Å². The van der Waals surface area contributed by atoms with Gasteiger partial charge in [-0.2, -0.15) is 0 Å². The third-order valence-electron chi connectivity index (χ3n) is 5.50. The first kappa shape index (κ1) is 25.4. The first-order valence-corrected chi connectivity index (χ1v) is 12.5. The van der Waals surface area contributed by atoms with Gasteiger partial charge < -0.3 is 15.4 Å². The highest BCUT2D eigenvalue weighted by molar-refractivity contribution is 8.00. The molecule has 7 heteroatoms. The molecule has 4 aromatic rings. The van der Waals surface area contributed by atoms with Crippen LogP contribution in [0.15, 0.2) is 102 Å². The van der Waals surface area contributed by atoms with E-state index in [0.717, 1.165) is 16.0 Å². The number of methoxy groups -OCH3 is 1. The summed E-state index contributed by atoms with van der Waals surface area (Å²) in [4.78, 5) is 26.9. The Morgan fingerprint density at radius 1 is 0.861 bits per heavy atom. The van der Waals surface area contributed by atoms with Crippen molar-refractivity contribution in [2.75, 3.05) is 17.7 Å². The van der Waals surface area contributed by atoms with Crippen molar-refractivity contribution in [2.45, 2.75) is 17.1 Å². The van der Waals surface area contributed by atoms with Gasteiger partial charge in [-0.15, -0.1) is 11.8 Å². The van der Waals surface area contributed by atoms with Crippen LogP contribution in [0.3, 0.4) is 0 Å². The Bertz CT molecular complexity index is 1360. The molecule has 5 nitrogen and oxygen atoms in total. The summed E-state index contributed by atoms with van der Waals surface area (Å²) in [5, 5.41) is 5.99. The van der Waals surface area contributed by atoms with Gasteiger partial charge in [0.25, 0.3) is 5.91 Å². The standard InChI is InChI=1S/C29H25ClN2O3S/c1-19-11-12-22(30)18-26(19)32-29(34)27(20-7-4-3-5-8-20)36-25-15-13-23(14-16-25)31-28(33)21-9-6-10-24(17-21)35-2/h3-18,27H,1-2H3,(H,31,33)(H,32,34). The maximum absolute atomic E-state index is 13.4. The van der Waals surface area contributed by atoms with E-state index in [1.165, 1.54) is 11.8 Å². The van der Waals surface area contributed by atoms with E-state index in [1.54, 1.807) is 43.5 Å². The summed E-state index contributed by atoms with van der Waals surface area (Å²) in [6.07, 6.45) is 0. The second-order valence-corrected chi connectivity index (χ2v) is 9.68. The number of benzene rings is 4. The summed E-state index contributed by atoms with van der Waals surface area (Å²) in [6.45, 7) is 1.93. The molecule has 2 N–H and O–H groups in total.